The summed E-state index contributed by atoms with van der Waals surface area (Å²) in [6.07, 6.45) is 3.32. The molecule has 3 aromatic rings. The van der Waals surface area contributed by atoms with Crippen molar-refractivity contribution in [2.75, 3.05) is 0 Å². The van der Waals surface area contributed by atoms with E-state index in [0.29, 0.717) is 0 Å². The number of hydrogen-bond donors (Lipinski definition) is 0. The third-order valence-electron chi connectivity index (χ3n) is 2.38. The lowest BCUT2D eigenvalue weighted by molar-refractivity contribution is 0.579. The van der Waals surface area contributed by atoms with Gasteiger partial charge >= 0.3 is 0 Å². The average Bonchev–Trinajstić information content (AvgIpc) is 2.88. The molecule has 3 aromatic heterocycles. The first-order valence-electron chi connectivity index (χ1n) is 4.73. The van der Waals surface area contributed by atoms with Gasteiger partial charge in [-0.05, 0) is 31.2 Å². The fourth-order valence-electron chi connectivity index (χ4n) is 1.69. The molecule has 0 fully saturated rings. The predicted octanol–water partition coefficient (Wildman–Crippen LogP) is 3.40. The van der Waals surface area contributed by atoms with Crippen molar-refractivity contribution < 1.29 is 8.83 Å². The van der Waals surface area contributed by atoms with Crippen molar-refractivity contribution in [3.8, 4) is 11.5 Å². The highest BCUT2D eigenvalue weighted by atomic mass is 16.3. The molecule has 3 heterocycles. The van der Waals surface area contributed by atoms with E-state index >= 15 is 0 Å². The standard InChI is InChI=1S/C12H9NO2/c1-8-12-9(4-6-15-12)7-10(13-8)11-3-2-5-14-11/h2-7H,1H3. The van der Waals surface area contributed by atoms with Gasteiger partial charge in [-0.15, -0.1) is 0 Å². The van der Waals surface area contributed by atoms with Gasteiger partial charge in [-0.25, -0.2) is 4.98 Å². The number of hydrogen-bond acceptors (Lipinski definition) is 3. The molecule has 0 aromatic carbocycles. The van der Waals surface area contributed by atoms with E-state index in [1.807, 2.05) is 31.2 Å². The van der Waals surface area contributed by atoms with Gasteiger partial charge in [-0.1, -0.05) is 0 Å². The Morgan fingerprint density at radius 1 is 1.13 bits per heavy atom. The first-order valence-corrected chi connectivity index (χ1v) is 4.73. The SMILES string of the molecule is Cc1nc(-c2ccco2)cc2ccoc12. The summed E-state index contributed by atoms with van der Waals surface area (Å²) in [6.45, 7) is 1.93. The van der Waals surface area contributed by atoms with Crippen LogP contribution in [0.15, 0.2) is 45.6 Å². The predicted molar refractivity (Wildman–Crippen MR) is 56.4 cm³/mol. The number of pyridine rings is 1. The molecule has 0 unspecified atom stereocenters. The molecule has 74 valence electrons. The van der Waals surface area contributed by atoms with Crippen molar-refractivity contribution in [3.63, 3.8) is 0 Å². The van der Waals surface area contributed by atoms with E-state index in [1.165, 1.54) is 0 Å². The number of aryl methyl sites for hydroxylation is 1. The molecule has 0 aliphatic carbocycles. The topological polar surface area (TPSA) is 39.2 Å². The molecule has 0 amide bonds. The van der Waals surface area contributed by atoms with E-state index < -0.39 is 0 Å². The molecule has 3 rings (SSSR count). The van der Waals surface area contributed by atoms with Crippen LogP contribution in [0.5, 0.6) is 0 Å². The first-order chi connectivity index (χ1) is 7.34. The number of fused-ring (bicyclic) bond motifs is 1. The maximum atomic E-state index is 5.33. The Kier molecular flexibility index (Phi) is 1.65. The van der Waals surface area contributed by atoms with E-state index in [2.05, 4.69) is 4.98 Å². The molecule has 0 aliphatic rings. The molecule has 0 bridgehead atoms. The molecular weight excluding hydrogens is 190 g/mol. The van der Waals surface area contributed by atoms with Crippen molar-refractivity contribution >= 4 is 11.0 Å². The molecule has 0 radical (unpaired) electrons. The Labute approximate surface area is 86.3 Å². The molecule has 0 spiro atoms. The van der Waals surface area contributed by atoms with Crippen LogP contribution in [0, 0.1) is 6.92 Å². The molecular formula is C12H9NO2. The normalized spacial score (nSPS) is 11.0. The van der Waals surface area contributed by atoms with Crippen LogP contribution in [-0.4, -0.2) is 4.98 Å². The number of aromatic nitrogens is 1. The van der Waals surface area contributed by atoms with Crippen LogP contribution in [0.3, 0.4) is 0 Å². The minimum Gasteiger partial charge on any atom is -0.463 e. The van der Waals surface area contributed by atoms with Crippen molar-refractivity contribution in [1.82, 2.24) is 4.98 Å². The largest absolute Gasteiger partial charge is 0.463 e. The zero-order valence-electron chi connectivity index (χ0n) is 8.23. The van der Waals surface area contributed by atoms with E-state index in [0.717, 1.165) is 28.1 Å². The molecule has 0 saturated carbocycles. The second-order valence-electron chi connectivity index (χ2n) is 3.41. The van der Waals surface area contributed by atoms with Crippen LogP contribution in [-0.2, 0) is 0 Å². The van der Waals surface area contributed by atoms with E-state index in [9.17, 15) is 0 Å². The highest BCUT2D eigenvalue weighted by Gasteiger charge is 2.08. The van der Waals surface area contributed by atoms with E-state index in [4.69, 9.17) is 8.83 Å². The van der Waals surface area contributed by atoms with Gasteiger partial charge in [0.15, 0.2) is 11.3 Å². The lowest BCUT2D eigenvalue weighted by atomic mass is 10.2. The van der Waals surface area contributed by atoms with Crippen LogP contribution >= 0.6 is 0 Å². The lowest BCUT2D eigenvalue weighted by Crippen LogP contribution is -1.85. The molecule has 3 heteroatoms. The molecule has 0 N–H and O–H groups in total. The van der Waals surface area contributed by atoms with Gasteiger partial charge in [-0.2, -0.15) is 0 Å². The molecule has 0 aliphatic heterocycles. The highest BCUT2D eigenvalue weighted by molar-refractivity contribution is 5.82. The van der Waals surface area contributed by atoms with E-state index in [-0.39, 0.29) is 0 Å². The Morgan fingerprint density at radius 3 is 2.87 bits per heavy atom. The van der Waals surface area contributed by atoms with Crippen LogP contribution in [0.1, 0.15) is 5.69 Å². The maximum Gasteiger partial charge on any atom is 0.155 e. The van der Waals surface area contributed by atoms with Crippen LogP contribution in [0.25, 0.3) is 22.4 Å². The second kappa shape index (κ2) is 2.98. The zero-order chi connectivity index (χ0) is 10.3. The highest BCUT2D eigenvalue weighted by Crippen LogP contribution is 2.25. The zero-order valence-corrected chi connectivity index (χ0v) is 8.23. The molecule has 3 nitrogen and oxygen atoms in total. The number of furan rings is 2. The Balaban J connectivity index is 2.29. The summed E-state index contributed by atoms with van der Waals surface area (Å²) >= 11 is 0. The summed E-state index contributed by atoms with van der Waals surface area (Å²) < 4.78 is 10.6. The monoisotopic (exact) mass is 199 g/mol. The summed E-state index contributed by atoms with van der Waals surface area (Å²) in [4.78, 5) is 4.43. The van der Waals surface area contributed by atoms with Gasteiger partial charge in [0.25, 0.3) is 0 Å². The van der Waals surface area contributed by atoms with Gasteiger partial charge in [0.2, 0.25) is 0 Å². The van der Waals surface area contributed by atoms with Crippen molar-refractivity contribution in [3.05, 3.63) is 42.5 Å². The van der Waals surface area contributed by atoms with Crippen molar-refractivity contribution in [2.24, 2.45) is 0 Å². The minimum atomic E-state index is 0.779. The second-order valence-corrected chi connectivity index (χ2v) is 3.41. The summed E-state index contributed by atoms with van der Waals surface area (Å²) in [7, 11) is 0. The summed E-state index contributed by atoms with van der Waals surface area (Å²) in [6, 6.07) is 7.64. The minimum absolute atomic E-state index is 0.779. The van der Waals surface area contributed by atoms with Gasteiger partial charge in [-0.3, -0.25) is 0 Å². The fraction of sp³-hybridized carbons (Fsp3) is 0.0833. The van der Waals surface area contributed by atoms with Gasteiger partial charge in [0, 0.05) is 5.39 Å². The fourth-order valence-corrected chi connectivity index (χ4v) is 1.69. The Morgan fingerprint density at radius 2 is 2.07 bits per heavy atom. The third kappa shape index (κ3) is 1.24. The van der Waals surface area contributed by atoms with Crippen LogP contribution in [0.4, 0.5) is 0 Å². The van der Waals surface area contributed by atoms with Gasteiger partial charge < -0.3 is 8.83 Å². The molecule has 0 atom stereocenters. The van der Waals surface area contributed by atoms with E-state index in [1.54, 1.807) is 12.5 Å². The number of rotatable bonds is 1. The van der Waals surface area contributed by atoms with Gasteiger partial charge in [0.1, 0.15) is 5.69 Å². The Bertz CT molecular complexity index is 593. The van der Waals surface area contributed by atoms with Gasteiger partial charge in [0.05, 0.1) is 18.2 Å². The van der Waals surface area contributed by atoms with Crippen molar-refractivity contribution in [2.45, 2.75) is 6.92 Å². The summed E-state index contributed by atoms with van der Waals surface area (Å²) in [5.74, 6) is 0.779. The quantitative estimate of drug-likeness (QED) is 0.603. The molecule has 15 heavy (non-hydrogen) atoms. The lowest BCUT2D eigenvalue weighted by Gasteiger charge is -1.99. The van der Waals surface area contributed by atoms with Crippen molar-refractivity contribution in [1.29, 1.82) is 0 Å². The maximum absolute atomic E-state index is 5.33. The third-order valence-corrected chi connectivity index (χ3v) is 2.38. The number of nitrogens with zero attached hydrogens (tertiary/aromatic N) is 1. The van der Waals surface area contributed by atoms with Crippen LogP contribution < -0.4 is 0 Å². The smallest absolute Gasteiger partial charge is 0.155 e. The Hall–Kier alpha value is -2.03. The van der Waals surface area contributed by atoms with Crippen LogP contribution in [0.2, 0.25) is 0 Å². The average molecular weight is 199 g/mol. The summed E-state index contributed by atoms with van der Waals surface area (Å²) in [5.41, 5.74) is 2.56. The first kappa shape index (κ1) is 8.29. The molecule has 0 saturated heterocycles. The summed E-state index contributed by atoms with van der Waals surface area (Å²) in [5, 5.41) is 1.05.